The van der Waals surface area contributed by atoms with Gasteiger partial charge in [0, 0.05) is 9.26 Å². The molecule has 4 nitrogen and oxygen atoms in total. The Hall–Kier alpha value is -1.60. The minimum atomic E-state index is -0.623. The summed E-state index contributed by atoms with van der Waals surface area (Å²) in [5, 5.41) is 3.07. The first-order valence-corrected chi connectivity index (χ1v) is 8.32. The summed E-state index contributed by atoms with van der Waals surface area (Å²) in [6.45, 7) is 3.47. The van der Waals surface area contributed by atoms with Crippen LogP contribution >= 0.6 is 34.2 Å². The molecule has 2 rings (SSSR count). The molecular formula is C17H15ClINO3. The molecule has 0 aliphatic rings. The van der Waals surface area contributed by atoms with Crippen LogP contribution in [0.1, 0.15) is 21.5 Å². The number of aryl methyl sites for hydroxylation is 2. The van der Waals surface area contributed by atoms with E-state index in [9.17, 15) is 9.59 Å². The summed E-state index contributed by atoms with van der Waals surface area (Å²) in [7, 11) is 0. The van der Waals surface area contributed by atoms with Crippen LogP contribution in [0, 0.1) is 17.4 Å². The van der Waals surface area contributed by atoms with E-state index in [0.717, 1.165) is 20.4 Å². The number of anilines is 1. The third kappa shape index (κ3) is 4.68. The van der Waals surface area contributed by atoms with Crippen molar-refractivity contribution in [2.45, 2.75) is 13.8 Å². The lowest BCUT2D eigenvalue weighted by Crippen LogP contribution is -2.22. The van der Waals surface area contributed by atoms with E-state index in [1.165, 1.54) is 0 Å². The van der Waals surface area contributed by atoms with Crippen molar-refractivity contribution in [2.24, 2.45) is 0 Å². The normalized spacial score (nSPS) is 10.3. The van der Waals surface area contributed by atoms with E-state index < -0.39 is 11.9 Å². The van der Waals surface area contributed by atoms with Crippen molar-refractivity contribution >= 4 is 51.8 Å². The van der Waals surface area contributed by atoms with Crippen molar-refractivity contribution in [2.75, 3.05) is 11.9 Å². The molecule has 6 heteroatoms. The fraction of sp³-hybridized carbons (Fsp3) is 0.176. The molecule has 0 saturated heterocycles. The van der Waals surface area contributed by atoms with Gasteiger partial charge in [0.2, 0.25) is 0 Å². The van der Waals surface area contributed by atoms with E-state index in [-0.39, 0.29) is 12.2 Å². The van der Waals surface area contributed by atoms with E-state index >= 15 is 0 Å². The van der Waals surface area contributed by atoms with Gasteiger partial charge in [-0.25, -0.2) is 4.79 Å². The molecule has 0 bridgehead atoms. The Morgan fingerprint density at radius 2 is 1.78 bits per heavy atom. The fourth-order valence-electron chi connectivity index (χ4n) is 2.12. The molecule has 0 unspecified atom stereocenters. The molecule has 0 radical (unpaired) electrons. The van der Waals surface area contributed by atoms with Gasteiger partial charge in [-0.15, -0.1) is 0 Å². The highest BCUT2D eigenvalue weighted by molar-refractivity contribution is 14.1. The summed E-state index contributed by atoms with van der Waals surface area (Å²) in [6.07, 6.45) is 0. The Labute approximate surface area is 153 Å². The maximum atomic E-state index is 12.0. The molecule has 0 aliphatic carbocycles. The first-order chi connectivity index (χ1) is 10.9. The highest BCUT2D eigenvalue weighted by Crippen LogP contribution is 2.23. The number of rotatable bonds is 4. The highest BCUT2D eigenvalue weighted by Gasteiger charge is 2.14. The van der Waals surface area contributed by atoms with Crippen LogP contribution in [0.15, 0.2) is 36.4 Å². The number of nitrogens with one attached hydrogen (secondary N) is 1. The first kappa shape index (κ1) is 17.7. The van der Waals surface area contributed by atoms with Gasteiger partial charge in [-0.3, -0.25) is 4.79 Å². The largest absolute Gasteiger partial charge is 0.452 e. The zero-order valence-electron chi connectivity index (χ0n) is 12.7. The third-order valence-electron chi connectivity index (χ3n) is 3.19. The second-order valence-corrected chi connectivity index (χ2v) is 6.67. The van der Waals surface area contributed by atoms with Crippen LogP contribution in [0.5, 0.6) is 0 Å². The number of amides is 1. The van der Waals surface area contributed by atoms with Crippen LogP contribution in [0.3, 0.4) is 0 Å². The van der Waals surface area contributed by atoms with Crippen molar-refractivity contribution in [3.05, 3.63) is 61.7 Å². The minimum absolute atomic E-state index is 0.239. The van der Waals surface area contributed by atoms with Gasteiger partial charge in [0.1, 0.15) is 0 Å². The van der Waals surface area contributed by atoms with E-state index in [1.807, 2.05) is 26.0 Å². The molecule has 1 amide bonds. The maximum absolute atomic E-state index is 12.0. The number of carbonyl (C=O) groups is 2. The fourth-order valence-corrected chi connectivity index (χ4v) is 3.27. The standard InChI is InChI=1S/C17H15ClINO3/c1-10-7-12(19)8-11(2)16(10)20-15(21)9-23-17(22)13-5-3-4-6-14(13)18/h3-8H,9H2,1-2H3,(H,20,21). The quantitative estimate of drug-likeness (QED) is 0.564. The van der Waals surface area contributed by atoms with Gasteiger partial charge in [-0.1, -0.05) is 23.7 Å². The summed E-state index contributed by atoms with van der Waals surface area (Å²) in [5.74, 6) is -1.01. The number of halogens is 2. The smallest absolute Gasteiger partial charge is 0.340 e. The molecule has 0 aromatic heterocycles. The summed E-state index contributed by atoms with van der Waals surface area (Å²) in [6, 6.07) is 10.5. The van der Waals surface area contributed by atoms with Crippen LogP contribution < -0.4 is 5.32 Å². The number of hydrogen-bond donors (Lipinski definition) is 1. The number of benzene rings is 2. The zero-order chi connectivity index (χ0) is 17.0. The van der Waals surface area contributed by atoms with Gasteiger partial charge in [0.25, 0.3) is 5.91 Å². The average Bonchev–Trinajstić information content (AvgIpc) is 2.49. The Kier molecular flexibility index (Phi) is 6.01. The minimum Gasteiger partial charge on any atom is -0.452 e. The topological polar surface area (TPSA) is 55.4 Å². The van der Waals surface area contributed by atoms with Crippen molar-refractivity contribution in [1.82, 2.24) is 0 Å². The van der Waals surface area contributed by atoms with Crippen LogP contribution in [0.4, 0.5) is 5.69 Å². The van der Waals surface area contributed by atoms with Gasteiger partial charge < -0.3 is 10.1 Å². The van der Waals surface area contributed by atoms with Crippen molar-refractivity contribution < 1.29 is 14.3 Å². The second kappa shape index (κ2) is 7.79. The predicted molar refractivity (Wildman–Crippen MR) is 99.0 cm³/mol. The Balaban J connectivity index is 1.99. The van der Waals surface area contributed by atoms with E-state index in [2.05, 4.69) is 27.9 Å². The SMILES string of the molecule is Cc1cc(I)cc(C)c1NC(=O)COC(=O)c1ccccc1Cl. The lowest BCUT2D eigenvalue weighted by atomic mass is 10.1. The summed E-state index contributed by atoms with van der Waals surface area (Å²) in [5.41, 5.74) is 2.90. The van der Waals surface area contributed by atoms with Crippen LogP contribution in [-0.4, -0.2) is 18.5 Å². The lowest BCUT2D eigenvalue weighted by Gasteiger charge is -2.12. The number of carbonyl (C=O) groups excluding carboxylic acids is 2. The lowest BCUT2D eigenvalue weighted by molar-refractivity contribution is -0.119. The summed E-state index contributed by atoms with van der Waals surface area (Å²) >= 11 is 8.14. The van der Waals surface area contributed by atoms with Crippen molar-refractivity contribution in [3.8, 4) is 0 Å². The van der Waals surface area contributed by atoms with Crippen LogP contribution in [0.2, 0.25) is 5.02 Å². The summed E-state index contributed by atoms with van der Waals surface area (Å²) in [4.78, 5) is 23.9. The molecule has 2 aromatic rings. The Morgan fingerprint density at radius 1 is 1.17 bits per heavy atom. The Morgan fingerprint density at radius 3 is 2.39 bits per heavy atom. The molecule has 1 N–H and O–H groups in total. The molecule has 2 aromatic carbocycles. The third-order valence-corrected chi connectivity index (χ3v) is 4.14. The second-order valence-electron chi connectivity index (χ2n) is 5.02. The molecule has 0 atom stereocenters. The molecule has 23 heavy (non-hydrogen) atoms. The predicted octanol–water partition coefficient (Wildman–Crippen LogP) is 4.36. The molecule has 0 saturated carbocycles. The van der Waals surface area contributed by atoms with Gasteiger partial charge in [0.05, 0.1) is 10.6 Å². The molecule has 120 valence electrons. The number of esters is 1. The van der Waals surface area contributed by atoms with Gasteiger partial charge in [-0.05, 0) is 71.8 Å². The average molecular weight is 444 g/mol. The monoisotopic (exact) mass is 443 g/mol. The molecule has 0 heterocycles. The van der Waals surface area contributed by atoms with Crippen LogP contribution in [0.25, 0.3) is 0 Å². The van der Waals surface area contributed by atoms with Crippen molar-refractivity contribution in [3.63, 3.8) is 0 Å². The highest BCUT2D eigenvalue weighted by atomic mass is 127. The molecule has 0 aliphatic heterocycles. The van der Waals surface area contributed by atoms with E-state index in [0.29, 0.717) is 5.02 Å². The number of ether oxygens (including phenoxy) is 1. The maximum Gasteiger partial charge on any atom is 0.340 e. The zero-order valence-corrected chi connectivity index (χ0v) is 15.6. The van der Waals surface area contributed by atoms with Gasteiger partial charge in [-0.2, -0.15) is 0 Å². The van der Waals surface area contributed by atoms with Gasteiger partial charge in [0.15, 0.2) is 6.61 Å². The van der Waals surface area contributed by atoms with Crippen molar-refractivity contribution in [1.29, 1.82) is 0 Å². The Bertz CT molecular complexity index is 738. The van der Waals surface area contributed by atoms with E-state index in [1.54, 1.807) is 24.3 Å². The molecule has 0 fully saturated rings. The number of hydrogen-bond acceptors (Lipinski definition) is 3. The molecule has 0 spiro atoms. The van der Waals surface area contributed by atoms with E-state index in [4.69, 9.17) is 16.3 Å². The first-order valence-electron chi connectivity index (χ1n) is 6.86. The van der Waals surface area contributed by atoms with Gasteiger partial charge >= 0.3 is 5.97 Å². The van der Waals surface area contributed by atoms with Crippen LogP contribution in [-0.2, 0) is 9.53 Å². The summed E-state index contributed by atoms with van der Waals surface area (Å²) < 4.78 is 6.11. The molecular weight excluding hydrogens is 429 g/mol.